The van der Waals surface area contributed by atoms with E-state index in [1.54, 1.807) is 0 Å². The Kier molecular flexibility index (Phi) is 9.22. The van der Waals surface area contributed by atoms with E-state index >= 15 is 0 Å². The van der Waals surface area contributed by atoms with Crippen molar-refractivity contribution in [2.75, 3.05) is 0 Å². The van der Waals surface area contributed by atoms with Crippen molar-refractivity contribution >= 4 is 11.8 Å². The molecule has 0 saturated carbocycles. The first kappa shape index (κ1) is 31.4. The van der Waals surface area contributed by atoms with Gasteiger partial charge in [-0.3, -0.25) is 14.6 Å². The van der Waals surface area contributed by atoms with Gasteiger partial charge in [0.2, 0.25) is 0 Å². The van der Waals surface area contributed by atoms with Crippen LogP contribution in [0, 0.1) is 0 Å². The number of alkyl halides is 14. The third-order valence-corrected chi connectivity index (χ3v) is 3.64. The highest BCUT2D eigenvalue weighted by molar-refractivity contribution is 6.02. The summed E-state index contributed by atoms with van der Waals surface area (Å²) in [7, 11) is 0. The van der Waals surface area contributed by atoms with Gasteiger partial charge < -0.3 is 0 Å². The maximum atomic E-state index is 13.9. The average Bonchev–Trinajstić information content (AvgIpc) is 2.67. The lowest BCUT2D eigenvalue weighted by atomic mass is 10.1. The van der Waals surface area contributed by atoms with Crippen LogP contribution in [-0.4, -0.2) is 57.9 Å². The third kappa shape index (κ3) is 5.56. The molecule has 0 rings (SSSR count). The quantitative estimate of drug-likeness (QED) is 0.268. The van der Waals surface area contributed by atoms with Crippen LogP contribution in [0.2, 0.25) is 0 Å². The minimum atomic E-state index is -7.37. The Hall–Kier alpha value is -2.56. The van der Waals surface area contributed by atoms with Crippen LogP contribution >= 0.6 is 0 Å². The first-order valence-electron chi connectivity index (χ1n) is 8.61. The van der Waals surface area contributed by atoms with E-state index in [0.29, 0.717) is 12.2 Å². The molecule has 0 aliphatic heterocycles. The molecule has 198 valence electrons. The lowest BCUT2D eigenvalue weighted by Crippen LogP contribution is -2.67. The number of hydrogen-bond donors (Lipinski definition) is 0. The molecule has 0 aromatic heterocycles. The van der Waals surface area contributed by atoms with E-state index in [0.717, 1.165) is 0 Å². The SMILES string of the molecule is CC/C=C\N(/C=C/CC)N(C(=O)C(F)(F)C(F)(F)C(F)(F)F)C(=O)C(F)(F)C(F)(F)C(F)(F)F. The summed E-state index contributed by atoms with van der Waals surface area (Å²) < 4.78 is 183. The van der Waals surface area contributed by atoms with E-state index in [1.165, 1.54) is 13.8 Å². The number of hydrazine groups is 1. The smallest absolute Gasteiger partial charge is 0.265 e. The first-order chi connectivity index (χ1) is 15.0. The number of nitrogens with zero attached hydrogens (tertiary/aromatic N) is 2. The Morgan fingerprint density at radius 2 is 0.853 bits per heavy atom. The van der Waals surface area contributed by atoms with E-state index < -0.39 is 57.9 Å². The van der Waals surface area contributed by atoms with E-state index in [-0.39, 0.29) is 25.2 Å². The van der Waals surface area contributed by atoms with Crippen LogP contribution in [-0.2, 0) is 9.59 Å². The van der Waals surface area contributed by atoms with Crippen molar-refractivity contribution in [1.82, 2.24) is 10.0 Å². The zero-order valence-electron chi connectivity index (χ0n) is 16.7. The van der Waals surface area contributed by atoms with Crippen molar-refractivity contribution in [3.8, 4) is 0 Å². The molecule has 0 heterocycles. The molecule has 0 saturated heterocycles. The molecule has 18 heteroatoms. The molecule has 0 radical (unpaired) electrons. The molecule has 0 spiro atoms. The van der Waals surface area contributed by atoms with Gasteiger partial charge in [0, 0.05) is 12.4 Å². The number of carbonyl (C=O) groups excluding carboxylic acids is 2. The largest absolute Gasteiger partial charge is 0.460 e. The van der Waals surface area contributed by atoms with Gasteiger partial charge in [0.05, 0.1) is 0 Å². The molecule has 0 atom stereocenters. The van der Waals surface area contributed by atoms with Gasteiger partial charge in [-0.25, -0.2) is 0 Å². The number of allylic oxidation sites excluding steroid dienone is 2. The fraction of sp³-hybridized carbons (Fsp3) is 0.625. The molecule has 0 aromatic rings. The van der Waals surface area contributed by atoms with Crippen molar-refractivity contribution in [3.63, 3.8) is 0 Å². The number of carbonyl (C=O) groups is 2. The molecule has 0 aromatic carbocycles. The minimum absolute atomic E-state index is 0.131. The molecule has 0 aliphatic carbocycles. The van der Waals surface area contributed by atoms with Crippen LogP contribution in [0.15, 0.2) is 24.6 Å². The molecule has 0 aliphatic rings. The molecule has 0 unspecified atom stereocenters. The number of imide groups is 1. The summed E-state index contributed by atoms with van der Waals surface area (Å²) in [5.41, 5.74) is 0. The van der Waals surface area contributed by atoms with Crippen LogP contribution in [0.25, 0.3) is 0 Å². The summed E-state index contributed by atoms with van der Waals surface area (Å²) in [6.07, 6.45) is -13.3. The Morgan fingerprint density at radius 1 is 0.588 bits per heavy atom. The average molecular weight is 532 g/mol. The second-order valence-corrected chi connectivity index (χ2v) is 6.18. The molecule has 0 N–H and O–H groups in total. The summed E-state index contributed by atoms with van der Waals surface area (Å²) in [5.74, 6) is -37.3. The van der Waals surface area contributed by atoms with E-state index in [4.69, 9.17) is 0 Å². The number of amides is 2. The zero-order chi connectivity index (χ0) is 27.6. The Balaban J connectivity index is 7.14. The molecule has 0 fully saturated rings. The summed E-state index contributed by atoms with van der Waals surface area (Å²) >= 11 is 0. The molecule has 34 heavy (non-hydrogen) atoms. The standard InChI is InChI=1S/C16H14F14N2O2/c1-3-5-7-31(8-6-4-2)32(9(33)11(17,18)13(21,22)15(25,26)27)10(34)12(19,20)14(23,24)16(28,29)30/h5-8H,3-4H2,1-2H3/b7-5-,8-6+. The van der Waals surface area contributed by atoms with Gasteiger partial charge in [0.25, 0.3) is 0 Å². The van der Waals surface area contributed by atoms with Gasteiger partial charge in [-0.1, -0.05) is 26.0 Å². The summed E-state index contributed by atoms with van der Waals surface area (Å²) in [6, 6.07) is 0. The predicted molar refractivity (Wildman–Crippen MR) is 84.5 cm³/mol. The van der Waals surface area contributed by atoms with Gasteiger partial charge in [0.1, 0.15) is 0 Å². The Labute approximate surface area is 181 Å². The first-order valence-corrected chi connectivity index (χ1v) is 8.61. The molecule has 2 amide bonds. The summed E-state index contributed by atoms with van der Waals surface area (Å²) in [6.45, 7) is 2.43. The molecule has 4 nitrogen and oxygen atoms in total. The number of rotatable bonds is 9. The van der Waals surface area contributed by atoms with Crippen molar-refractivity contribution < 1.29 is 71.1 Å². The van der Waals surface area contributed by atoms with Crippen molar-refractivity contribution in [2.24, 2.45) is 0 Å². The highest BCUT2D eigenvalue weighted by atomic mass is 19.4. The van der Waals surface area contributed by atoms with Crippen molar-refractivity contribution in [1.29, 1.82) is 0 Å². The maximum absolute atomic E-state index is 13.9. The third-order valence-electron chi connectivity index (χ3n) is 3.64. The van der Waals surface area contributed by atoms with E-state index in [9.17, 15) is 71.1 Å². The zero-order valence-corrected chi connectivity index (χ0v) is 16.7. The van der Waals surface area contributed by atoms with Crippen LogP contribution in [0.1, 0.15) is 26.7 Å². The molecular weight excluding hydrogens is 518 g/mol. The highest BCUT2D eigenvalue weighted by Gasteiger charge is 2.81. The van der Waals surface area contributed by atoms with Crippen molar-refractivity contribution in [3.05, 3.63) is 24.6 Å². The van der Waals surface area contributed by atoms with Crippen LogP contribution in [0.3, 0.4) is 0 Å². The van der Waals surface area contributed by atoms with Gasteiger partial charge in [-0.05, 0) is 12.8 Å². The van der Waals surface area contributed by atoms with Gasteiger partial charge >= 0.3 is 47.9 Å². The predicted octanol–water partition coefficient (Wildman–Crippen LogP) is 6.07. The lowest BCUT2D eigenvalue weighted by molar-refractivity contribution is -0.352. The Bertz CT molecular complexity index is 735. The second kappa shape index (κ2) is 9.97. The molecular formula is C16H14F14N2O2. The topological polar surface area (TPSA) is 40.6 Å². The minimum Gasteiger partial charge on any atom is -0.265 e. The molecule has 0 bridgehead atoms. The lowest BCUT2D eigenvalue weighted by Gasteiger charge is -2.37. The summed E-state index contributed by atoms with van der Waals surface area (Å²) in [4.78, 5) is 23.8. The van der Waals surface area contributed by atoms with Gasteiger partial charge in [-0.2, -0.15) is 66.5 Å². The fourth-order valence-electron chi connectivity index (χ4n) is 1.80. The number of halogens is 14. The Morgan fingerprint density at radius 3 is 1.06 bits per heavy atom. The van der Waals surface area contributed by atoms with Gasteiger partial charge in [0.15, 0.2) is 0 Å². The van der Waals surface area contributed by atoms with E-state index in [2.05, 4.69) is 0 Å². The number of hydrogen-bond acceptors (Lipinski definition) is 3. The second-order valence-electron chi connectivity index (χ2n) is 6.18. The fourth-order valence-corrected chi connectivity index (χ4v) is 1.80. The van der Waals surface area contributed by atoms with Crippen LogP contribution in [0.4, 0.5) is 61.5 Å². The normalized spacial score (nSPS) is 14.7. The highest BCUT2D eigenvalue weighted by Crippen LogP contribution is 2.50. The van der Waals surface area contributed by atoms with Crippen LogP contribution in [0.5, 0.6) is 0 Å². The van der Waals surface area contributed by atoms with Crippen LogP contribution < -0.4 is 0 Å². The van der Waals surface area contributed by atoms with E-state index in [1.807, 2.05) is 0 Å². The maximum Gasteiger partial charge on any atom is 0.460 e. The monoisotopic (exact) mass is 532 g/mol. The summed E-state index contributed by atoms with van der Waals surface area (Å²) in [5, 5.41) is -2.70. The van der Waals surface area contributed by atoms with Crippen molar-refractivity contribution in [2.45, 2.75) is 62.7 Å². The van der Waals surface area contributed by atoms with Gasteiger partial charge in [-0.15, -0.1) is 0 Å².